The molecular weight excluding hydrogens is 260 g/mol. The minimum absolute atomic E-state index is 0.0642. The summed E-state index contributed by atoms with van der Waals surface area (Å²) in [6.07, 6.45) is 0.0642. The molecule has 20 heavy (non-hydrogen) atoms. The van der Waals surface area contributed by atoms with Crippen molar-refractivity contribution >= 4 is 22.6 Å². The predicted molar refractivity (Wildman–Crippen MR) is 69.9 cm³/mol. The summed E-state index contributed by atoms with van der Waals surface area (Å²) in [5.41, 5.74) is 2.47. The number of rotatable bonds is 4. The van der Waals surface area contributed by atoms with Gasteiger partial charge in [0.2, 0.25) is 11.6 Å². The van der Waals surface area contributed by atoms with E-state index >= 15 is 0 Å². The first-order valence-corrected chi connectivity index (χ1v) is 6.13. The lowest BCUT2D eigenvalue weighted by atomic mass is 10.2. The average molecular weight is 272 g/mol. The van der Waals surface area contributed by atoms with Crippen LogP contribution in [0.3, 0.4) is 0 Å². The first kappa shape index (κ1) is 12.4. The van der Waals surface area contributed by atoms with E-state index in [4.69, 9.17) is 5.11 Å². The molecule has 1 amide bonds. The molecule has 0 atom stereocenters. The summed E-state index contributed by atoms with van der Waals surface area (Å²) in [7, 11) is 0. The molecule has 8 nitrogen and oxygen atoms in total. The molecule has 3 rings (SSSR count). The molecule has 0 bridgehead atoms. The fourth-order valence-corrected chi connectivity index (χ4v) is 1.99. The van der Waals surface area contributed by atoms with Gasteiger partial charge in [0, 0.05) is 6.54 Å². The van der Waals surface area contributed by atoms with Crippen molar-refractivity contribution in [2.45, 2.75) is 6.42 Å². The Morgan fingerprint density at radius 3 is 3.05 bits per heavy atom. The van der Waals surface area contributed by atoms with Gasteiger partial charge in [-0.15, -0.1) is 5.10 Å². The second-order valence-corrected chi connectivity index (χ2v) is 4.21. The number of carbonyl (C=O) groups is 1. The number of nitrogens with one attached hydrogen (secondary N) is 1. The van der Waals surface area contributed by atoms with Gasteiger partial charge in [-0.25, -0.2) is 4.98 Å². The Morgan fingerprint density at radius 1 is 1.35 bits per heavy atom. The molecule has 0 radical (unpaired) electrons. The van der Waals surface area contributed by atoms with Crippen LogP contribution >= 0.6 is 0 Å². The van der Waals surface area contributed by atoms with E-state index in [9.17, 15) is 4.79 Å². The first-order chi connectivity index (χ1) is 9.79. The van der Waals surface area contributed by atoms with E-state index in [1.165, 1.54) is 0 Å². The Morgan fingerprint density at radius 2 is 2.20 bits per heavy atom. The van der Waals surface area contributed by atoms with Gasteiger partial charge in [0.1, 0.15) is 0 Å². The molecule has 0 saturated heterocycles. The fourth-order valence-electron chi connectivity index (χ4n) is 1.99. The fraction of sp³-hybridized carbons (Fsp3) is 0.250. The van der Waals surface area contributed by atoms with Gasteiger partial charge in [0.25, 0.3) is 0 Å². The maximum Gasteiger partial charge on any atom is 0.226 e. The smallest absolute Gasteiger partial charge is 0.226 e. The second-order valence-electron chi connectivity index (χ2n) is 4.21. The topological polar surface area (TPSA) is 105 Å². The highest BCUT2D eigenvalue weighted by Crippen LogP contribution is 2.15. The lowest BCUT2D eigenvalue weighted by Gasteiger charge is -2.05. The highest BCUT2D eigenvalue weighted by atomic mass is 16.3. The van der Waals surface area contributed by atoms with Crippen LogP contribution in [0, 0.1) is 0 Å². The SMILES string of the molecule is O=C(Cc1nc2ccccc2n2nnnc12)NCCO. The third-order valence-electron chi connectivity index (χ3n) is 2.85. The third-order valence-corrected chi connectivity index (χ3v) is 2.85. The molecule has 2 aromatic heterocycles. The molecule has 102 valence electrons. The Labute approximate surface area is 113 Å². The monoisotopic (exact) mass is 272 g/mol. The molecule has 2 N–H and O–H groups in total. The normalized spacial score (nSPS) is 11.1. The number of aliphatic hydroxyl groups is 1. The Hall–Kier alpha value is -2.61. The first-order valence-electron chi connectivity index (χ1n) is 6.13. The minimum atomic E-state index is -0.230. The van der Waals surface area contributed by atoms with Crippen LogP contribution in [0.4, 0.5) is 0 Å². The maximum atomic E-state index is 11.7. The lowest BCUT2D eigenvalue weighted by molar-refractivity contribution is -0.120. The largest absolute Gasteiger partial charge is 0.395 e. The van der Waals surface area contributed by atoms with Gasteiger partial charge >= 0.3 is 0 Å². The maximum absolute atomic E-state index is 11.7. The Balaban J connectivity index is 2.04. The number of tetrazole rings is 1. The molecule has 1 aromatic carbocycles. The standard InChI is InChI=1S/C12H12N6O2/c19-6-5-13-11(20)7-9-12-15-16-17-18(12)10-4-2-1-3-8(10)14-9/h1-4,19H,5-7H2,(H,13,20). The van der Waals surface area contributed by atoms with Crippen LogP contribution in [0.1, 0.15) is 5.69 Å². The molecule has 2 heterocycles. The number of hydrogen-bond donors (Lipinski definition) is 2. The molecule has 3 aromatic rings. The van der Waals surface area contributed by atoms with E-state index in [-0.39, 0.29) is 25.5 Å². The lowest BCUT2D eigenvalue weighted by Crippen LogP contribution is -2.28. The molecule has 0 fully saturated rings. The molecule has 0 spiro atoms. The van der Waals surface area contributed by atoms with E-state index in [0.717, 1.165) is 11.0 Å². The van der Waals surface area contributed by atoms with Gasteiger partial charge in [-0.05, 0) is 22.6 Å². The second kappa shape index (κ2) is 5.17. The molecule has 0 aliphatic heterocycles. The van der Waals surface area contributed by atoms with Gasteiger partial charge in [-0.3, -0.25) is 4.79 Å². The predicted octanol–water partition coefficient (Wildman–Crippen LogP) is -0.677. The average Bonchev–Trinajstić information content (AvgIpc) is 2.95. The van der Waals surface area contributed by atoms with Crippen molar-refractivity contribution in [2.24, 2.45) is 0 Å². The summed E-state index contributed by atoms with van der Waals surface area (Å²) in [5, 5.41) is 22.7. The van der Waals surface area contributed by atoms with Crippen LogP contribution in [0.5, 0.6) is 0 Å². The zero-order valence-electron chi connectivity index (χ0n) is 10.5. The van der Waals surface area contributed by atoms with E-state index in [2.05, 4.69) is 25.8 Å². The molecule has 0 aliphatic carbocycles. The number of aliphatic hydroxyl groups excluding tert-OH is 1. The van der Waals surface area contributed by atoms with Crippen LogP contribution in [-0.4, -0.2) is 49.2 Å². The number of fused-ring (bicyclic) bond motifs is 3. The van der Waals surface area contributed by atoms with E-state index in [0.29, 0.717) is 11.3 Å². The molecule has 8 heteroatoms. The third kappa shape index (κ3) is 2.16. The molecule has 0 saturated carbocycles. The summed E-state index contributed by atoms with van der Waals surface area (Å²) < 4.78 is 1.57. The van der Waals surface area contributed by atoms with Gasteiger partial charge in [-0.1, -0.05) is 12.1 Å². The zero-order valence-corrected chi connectivity index (χ0v) is 10.5. The summed E-state index contributed by atoms with van der Waals surface area (Å²) >= 11 is 0. The van der Waals surface area contributed by atoms with Crippen molar-refractivity contribution in [3.8, 4) is 0 Å². The summed E-state index contributed by atoms with van der Waals surface area (Å²) in [6, 6.07) is 7.44. The summed E-state index contributed by atoms with van der Waals surface area (Å²) in [5.74, 6) is -0.230. The van der Waals surface area contributed by atoms with E-state index < -0.39 is 0 Å². The number of hydrogen-bond acceptors (Lipinski definition) is 6. The van der Waals surface area contributed by atoms with Crippen LogP contribution in [0.15, 0.2) is 24.3 Å². The highest BCUT2D eigenvalue weighted by Gasteiger charge is 2.14. The van der Waals surface area contributed by atoms with Crippen molar-refractivity contribution in [3.05, 3.63) is 30.0 Å². The van der Waals surface area contributed by atoms with Crippen LogP contribution < -0.4 is 5.32 Å². The quantitative estimate of drug-likeness (QED) is 0.652. The molecule has 0 aliphatic rings. The van der Waals surface area contributed by atoms with Crippen molar-refractivity contribution in [1.29, 1.82) is 0 Å². The van der Waals surface area contributed by atoms with Crippen molar-refractivity contribution in [3.63, 3.8) is 0 Å². The van der Waals surface area contributed by atoms with E-state index in [1.807, 2.05) is 24.3 Å². The number of amides is 1. The zero-order chi connectivity index (χ0) is 13.9. The summed E-state index contributed by atoms with van der Waals surface area (Å²) in [6.45, 7) is 0.117. The number of aromatic nitrogens is 5. The Bertz CT molecular complexity index is 769. The number of para-hydroxylation sites is 2. The highest BCUT2D eigenvalue weighted by molar-refractivity contribution is 5.83. The van der Waals surface area contributed by atoms with Gasteiger partial charge in [-0.2, -0.15) is 4.52 Å². The van der Waals surface area contributed by atoms with E-state index in [1.54, 1.807) is 4.52 Å². The van der Waals surface area contributed by atoms with Crippen molar-refractivity contribution < 1.29 is 9.90 Å². The van der Waals surface area contributed by atoms with Crippen molar-refractivity contribution in [1.82, 2.24) is 30.3 Å². The van der Waals surface area contributed by atoms with Gasteiger partial charge < -0.3 is 10.4 Å². The number of nitrogens with zero attached hydrogens (tertiary/aromatic N) is 5. The van der Waals surface area contributed by atoms with Crippen LogP contribution in [0.2, 0.25) is 0 Å². The molecule has 0 unspecified atom stereocenters. The Kier molecular flexibility index (Phi) is 3.21. The van der Waals surface area contributed by atoms with Crippen LogP contribution in [-0.2, 0) is 11.2 Å². The van der Waals surface area contributed by atoms with Gasteiger partial charge in [0.15, 0.2) is 0 Å². The van der Waals surface area contributed by atoms with Crippen LogP contribution in [0.25, 0.3) is 16.7 Å². The minimum Gasteiger partial charge on any atom is -0.395 e. The summed E-state index contributed by atoms with van der Waals surface area (Å²) in [4.78, 5) is 16.2. The molecular formula is C12H12N6O2. The van der Waals surface area contributed by atoms with Crippen molar-refractivity contribution in [2.75, 3.05) is 13.2 Å². The number of benzene rings is 1. The van der Waals surface area contributed by atoms with Gasteiger partial charge in [0.05, 0.1) is 29.8 Å². The number of carbonyl (C=O) groups excluding carboxylic acids is 1.